The number of alkyl halides is 3. The summed E-state index contributed by atoms with van der Waals surface area (Å²) < 4.78 is 39.3. The number of nitrogen functional groups attached to an aromatic ring is 1. The zero-order chi connectivity index (χ0) is 13.9. The number of nitrogens with one attached hydrogen (secondary N) is 1. The van der Waals surface area contributed by atoms with Crippen LogP contribution in [0.2, 0.25) is 0 Å². The van der Waals surface area contributed by atoms with Crippen LogP contribution in [-0.4, -0.2) is 18.8 Å². The second kappa shape index (κ2) is 5.82. The quantitative estimate of drug-likeness (QED) is 0.824. The van der Waals surface area contributed by atoms with Gasteiger partial charge in [-0.1, -0.05) is 25.0 Å². The van der Waals surface area contributed by atoms with Gasteiger partial charge in [0.1, 0.15) is 0 Å². The Morgan fingerprint density at radius 2 is 1.74 bits per heavy atom. The summed E-state index contributed by atoms with van der Waals surface area (Å²) in [6.07, 6.45) is -0.0627. The van der Waals surface area contributed by atoms with E-state index in [2.05, 4.69) is 5.32 Å². The third kappa shape index (κ3) is 3.86. The van der Waals surface area contributed by atoms with E-state index in [1.165, 1.54) is 24.3 Å². The van der Waals surface area contributed by atoms with Gasteiger partial charge in [-0.15, -0.1) is 0 Å². The lowest BCUT2D eigenvalue weighted by molar-refractivity contribution is -0.149. The lowest BCUT2D eigenvalue weighted by Gasteiger charge is -2.23. The van der Waals surface area contributed by atoms with Crippen molar-refractivity contribution in [2.45, 2.75) is 43.8 Å². The summed E-state index contributed by atoms with van der Waals surface area (Å²) in [6.45, 7) is -0.0575. The van der Waals surface area contributed by atoms with Crippen molar-refractivity contribution in [1.82, 2.24) is 5.32 Å². The number of benzene rings is 1. The van der Waals surface area contributed by atoms with E-state index < -0.39 is 12.1 Å². The minimum absolute atomic E-state index is 0.0575. The Hall–Kier alpha value is -1.23. The molecule has 19 heavy (non-hydrogen) atoms. The van der Waals surface area contributed by atoms with Crippen LogP contribution in [0.15, 0.2) is 24.3 Å². The van der Waals surface area contributed by atoms with Gasteiger partial charge >= 0.3 is 6.18 Å². The largest absolute Gasteiger partial charge is 0.399 e. The molecule has 0 bridgehead atoms. The van der Waals surface area contributed by atoms with Gasteiger partial charge in [0, 0.05) is 18.3 Å². The highest BCUT2D eigenvalue weighted by molar-refractivity contribution is 5.40. The van der Waals surface area contributed by atoms with E-state index in [1.54, 1.807) is 0 Å². The minimum Gasteiger partial charge on any atom is -0.399 e. The zero-order valence-corrected chi connectivity index (χ0v) is 10.7. The predicted octanol–water partition coefficient (Wildman–Crippen LogP) is 3.45. The number of rotatable bonds is 4. The highest BCUT2D eigenvalue weighted by atomic mass is 19.4. The van der Waals surface area contributed by atoms with E-state index in [-0.39, 0.29) is 18.2 Å². The minimum atomic E-state index is -4.23. The summed E-state index contributed by atoms with van der Waals surface area (Å²) in [6, 6.07) is 6.19. The Labute approximate surface area is 111 Å². The Kier molecular flexibility index (Phi) is 4.34. The molecule has 0 aromatic heterocycles. The molecule has 0 saturated heterocycles. The maximum absolute atomic E-state index is 13.1. The molecule has 1 aliphatic carbocycles. The zero-order valence-electron chi connectivity index (χ0n) is 10.7. The van der Waals surface area contributed by atoms with Gasteiger partial charge < -0.3 is 11.1 Å². The fourth-order valence-corrected chi connectivity index (χ4v) is 2.57. The molecule has 3 N–H and O–H groups in total. The van der Waals surface area contributed by atoms with Crippen molar-refractivity contribution in [2.75, 3.05) is 12.3 Å². The van der Waals surface area contributed by atoms with Gasteiger partial charge in [-0.05, 0) is 30.5 Å². The van der Waals surface area contributed by atoms with Crippen LogP contribution in [-0.2, 0) is 0 Å². The summed E-state index contributed by atoms with van der Waals surface area (Å²) in [5.74, 6) is -1.46. The van der Waals surface area contributed by atoms with Crippen LogP contribution in [0.3, 0.4) is 0 Å². The van der Waals surface area contributed by atoms with Crippen molar-refractivity contribution >= 4 is 5.69 Å². The van der Waals surface area contributed by atoms with Gasteiger partial charge in [0.2, 0.25) is 0 Å². The van der Waals surface area contributed by atoms with Gasteiger partial charge in [-0.2, -0.15) is 13.2 Å². The highest BCUT2D eigenvalue weighted by Gasteiger charge is 2.40. The third-order valence-electron chi connectivity index (χ3n) is 3.70. The summed E-state index contributed by atoms with van der Waals surface area (Å²) in [5, 5.41) is 3.05. The molecule has 1 atom stereocenters. The SMILES string of the molecule is Nc1ccc(C(CNC2CCCC2)C(F)(F)F)cc1. The van der Waals surface area contributed by atoms with Gasteiger partial charge in [0.25, 0.3) is 0 Å². The molecular formula is C14H19F3N2. The molecule has 0 amide bonds. The first-order valence-corrected chi connectivity index (χ1v) is 6.62. The van der Waals surface area contributed by atoms with Crippen molar-refractivity contribution in [2.24, 2.45) is 0 Å². The molecule has 2 nitrogen and oxygen atoms in total. The maximum atomic E-state index is 13.1. The second-order valence-corrected chi connectivity index (χ2v) is 5.15. The summed E-state index contributed by atoms with van der Waals surface area (Å²) in [5.41, 5.74) is 6.26. The first-order valence-electron chi connectivity index (χ1n) is 6.62. The molecule has 0 aliphatic heterocycles. The van der Waals surface area contributed by atoms with Crippen molar-refractivity contribution in [3.63, 3.8) is 0 Å². The van der Waals surface area contributed by atoms with Crippen LogP contribution in [0.4, 0.5) is 18.9 Å². The Balaban J connectivity index is 2.05. The van der Waals surface area contributed by atoms with Crippen LogP contribution in [0.1, 0.15) is 37.2 Å². The maximum Gasteiger partial charge on any atom is 0.396 e. The standard InChI is InChI=1S/C14H19F3N2/c15-14(16,17)13(9-19-12-3-1-2-4-12)10-5-7-11(18)8-6-10/h5-8,12-13,19H,1-4,9,18H2. The molecule has 0 heterocycles. The summed E-state index contributed by atoms with van der Waals surface area (Å²) >= 11 is 0. The number of anilines is 1. The molecule has 1 aromatic rings. The predicted molar refractivity (Wildman–Crippen MR) is 69.9 cm³/mol. The number of nitrogens with two attached hydrogens (primary N) is 1. The van der Waals surface area contributed by atoms with Gasteiger partial charge in [-0.25, -0.2) is 0 Å². The third-order valence-corrected chi connectivity index (χ3v) is 3.70. The molecule has 1 saturated carbocycles. The van der Waals surface area contributed by atoms with Gasteiger partial charge in [0.15, 0.2) is 0 Å². The normalized spacial score (nSPS) is 18.7. The van der Waals surface area contributed by atoms with Crippen LogP contribution in [0, 0.1) is 0 Å². The van der Waals surface area contributed by atoms with E-state index in [4.69, 9.17) is 5.73 Å². The molecule has 0 spiro atoms. The second-order valence-electron chi connectivity index (χ2n) is 5.15. The van der Waals surface area contributed by atoms with E-state index in [9.17, 15) is 13.2 Å². The summed E-state index contributed by atoms with van der Waals surface area (Å²) in [7, 11) is 0. The fourth-order valence-electron chi connectivity index (χ4n) is 2.57. The van der Waals surface area contributed by atoms with Crippen molar-refractivity contribution in [3.05, 3.63) is 29.8 Å². The number of halogens is 3. The lowest BCUT2D eigenvalue weighted by atomic mass is 9.97. The Bertz CT molecular complexity index is 394. The molecule has 5 heteroatoms. The monoisotopic (exact) mass is 272 g/mol. The van der Waals surface area contributed by atoms with E-state index in [1.807, 2.05) is 0 Å². The molecule has 1 aromatic carbocycles. The molecule has 1 aliphatic rings. The van der Waals surface area contributed by atoms with Crippen LogP contribution in [0.25, 0.3) is 0 Å². The average molecular weight is 272 g/mol. The van der Waals surface area contributed by atoms with E-state index in [0.717, 1.165) is 25.7 Å². The Morgan fingerprint density at radius 1 is 1.16 bits per heavy atom. The summed E-state index contributed by atoms with van der Waals surface area (Å²) in [4.78, 5) is 0. The fraction of sp³-hybridized carbons (Fsp3) is 0.571. The molecule has 106 valence electrons. The van der Waals surface area contributed by atoms with Crippen LogP contribution >= 0.6 is 0 Å². The first kappa shape index (κ1) is 14.2. The average Bonchev–Trinajstić information content (AvgIpc) is 2.83. The first-order chi connectivity index (χ1) is 8.97. The topological polar surface area (TPSA) is 38.0 Å². The molecule has 2 rings (SSSR count). The van der Waals surface area contributed by atoms with Crippen molar-refractivity contribution in [3.8, 4) is 0 Å². The van der Waals surface area contributed by atoms with Gasteiger partial charge in [0.05, 0.1) is 5.92 Å². The van der Waals surface area contributed by atoms with Crippen molar-refractivity contribution in [1.29, 1.82) is 0 Å². The lowest BCUT2D eigenvalue weighted by Crippen LogP contribution is -2.36. The number of hydrogen-bond acceptors (Lipinski definition) is 2. The van der Waals surface area contributed by atoms with E-state index >= 15 is 0 Å². The molecule has 1 fully saturated rings. The smallest absolute Gasteiger partial charge is 0.396 e. The Morgan fingerprint density at radius 3 is 2.26 bits per heavy atom. The molecule has 1 unspecified atom stereocenters. The molecular weight excluding hydrogens is 253 g/mol. The number of hydrogen-bond donors (Lipinski definition) is 2. The molecule has 0 radical (unpaired) electrons. The van der Waals surface area contributed by atoms with Crippen molar-refractivity contribution < 1.29 is 13.2 Å². The van der Waals surface area contributed by atoms with Crippen LogP contribution in [0.5, 0.6) is 0 Å². The highest BCUT2D eigenvalue weighted by Crippen LogP contribution is 2.35. The van der Waals surface area contributed by atoms with E-state index in [0.29, 0.717) is 5.69 Å². The van der Waals surface area contributed by atoms with Crippen LogP contribution < -0.4 is 11.1 Å². The van der Waals surface area contributed by atoms with Gasteiger partial charge in [-0.3, -0.25) is 0 Å².